The maximum absolute atomic E-state index is 8.76. The van der Waals surface area contributed by atoms with E-state index >= 15 is 0 Å². The number of rotatable bonds is 2. The van der Waals surface area contributed by atoms with Gasteiger partial charge in [0.1, 0.15) is 0 Å². The highest BCUT2D eigenvalue weighted by atomic mass is 32.2. The number of nitrogens with zero attached hydrogens (tertiary/aromatic N) is 1. The van der Waals surface area contributed by atoms with Gasteiger partial charge in [0.05, 0.1) is 12.3 Å². The third kappa shape index (κ3) is 1.30. The Morgan fingerprint density at radius 1 is 1.42 bits per heavy atom. The second-order valence-electron chi connectivity index (χ2n) is 2.54. The summed E-state index contributed by atoms with van der Waals surface area (Å²) in [4.78, 5) is 3.16. The summed E-state index contributed by atoms with van der Waals surface area (Å²) in [5.41, 5.74) is 1.15. The first-order chi connectivity index (χ1) is 5.92. The summed E-state index contributed by atoms with van der Waals surface area (Å²) < 4.78 is 0. The lowest BCUT2D eigenvalue weighted by atomic mass is 10.3. The van der Waals surface area contributed by atoms with E-state index in [4.69, 9.17) is 5.11 Å². The van der Waals surface area contributed by atoms with E-state index in [0.29, 0.717) is 6.54 Å². The zero-order valence-electron chi connectivity index (χ0n) is 6.53. The molecule has 2 nitrogen and oxygen atoms in total. The van der Waals surface area contributed by atoms with Gasteiger partial charge in [0.15, 0.2) is 5.88 Å². The van der Waals surface area contributed by atoms with E-state index in [0.717, 1.165) is 5.69 Å². The van der Waals surface area contributed by atoms with Gasteiger partial charge in [-0.1, -0.05) is 23.9 Å². The molecule has 2 radical (unpaired) electrons. The number of β-amino-alcohol motifs (C(OH)–C–C–N with tert-alkyl or cyclic N) is 1. The Balaban J connectivity index is 2.24. The highest BCUT2D eigenvalue weighted by Gasteiger charge is 2.19. The molecule has 0 aromatic heterocycles. The van der Waals surface area contributed by atoms with Crippen LogP contribution >= 0.6 is 11.8 Å². The van der Waals surface area contributed by atoms with Crippen molar-refractivity contribution in [1.82, 2.24) is 0 Å². The Bertz CT molecular complexity index is 275. The number of anilines is 1. The first-order valence-electron chi connectivity index (χ1n) is 3.82. The topological polar surface area (TPSA) is 23.5 Å². The monoisotopic (exact) mass is 179 g/mol. The van der Waals surface area contributed by atoms with E-state index in [1.807, 2.05) is 23.1 Å². The van der Waals surface area contributed by atoms with Gasteiger partial charge in [0, 0.05) is 11.4 Å². The van der Waals surface area contributed by atoms with Crippen LogP contribution in [0.25, 0.3) is 0 Å². The van der Waals surface area contributed by atoms with Crippen LogP contribution in [0.4, 0.5) is 5.69 Å². The number of hydrogen-bond acceptors (Lipinski definition) is 3. The summed E-state index contributed by atoms with van der Waals surface area (Å²) >= 11 is 1.58. The second-order valence-corrected chi connectivity index (χ2v) is 3.36. The fourth-order valence-electron chi connectivity index (χ4n) is 1.19. The van der Waals surface area contributed by atoms with Gasteiger partial charge in [0.2, 0.25) is 0 Å². The Morgan fingerprint density at radius 3 is 3.08 bits per heavy atom. The molecule has 0 fully saturated rings. The van der Waals surface area contributed by atoms with Gasteiger partial charge in [0.25, 0.3) is 0 Å². The van der Waals surface area contributed by atoms with Crippen LogP contribution < -0.4 is 4.90 Å². The van der Waals surface area contributed by atoms with Gasteiger partial charge in [-0.25, -0.2) is 0 Å². The molecule has 1 N–H and O–H groups in total. The van der Waals surface area contributed by atoms with Crippen molar-refractivity contribution >= 4 is 17.4 Å². The predicted molar refractivity (Wildman–Crippen MR) is 50.0 cm³/mol. The fraction of sp³-hybridized carbons (Fsp3) is 0.222. The number of aliphatic hydroxyl groups excluding tert-OH is 1. The average molecular weight is 179 g/mol. The summed E-state index contributed by atoms with van der Waals surface area (Å²) in [6, 6.07) is 8.11. The molecule has 1 heterocycles. The lowest BCUT2D eigenvalue weighted by molar-refractivity contribution is 0.305. The molecule has 1 aliphatic heterocycles. The first kappa shape index (κ1) is 7.95. The Kier molecular flexibility index (Phi) is 2.23. The summed E-state index contributed by atoms with van der Waals surface area (Å²) in [6.07, 6.45) is 0. The molecular weight excluding hydrogens is 170 g/mol. The molecule has 2 rings (SSSR count). The van der Waals surface area contributed by atoms with Crippen molar-refractivity contribution in [2.45, 2.75) is 4.90 Å². The molecule has 0 bridgehead atoms. The third-order valence-electron chi connectivity index (χ3n) is 1.75. The molecule has 0 spiro atoms. The van der Waals surface area contributed by atoms with E-state index in [1.165, 1.54) is 4.90 Å². The SMILES string of the molecule is OCCN1[C]Sc2ccccc21. The maximum Gasteiger partial charge on any atom is 0.164 e. The maximum atomic E-state index is 8.76. The van der Waals surface area contributed by atoms with Crippen molar-refractivity contribution in [3.8, 4) is 0 Å². The Morgan fingerprint density at radius 2 is 2.25 bits per heavy atom. The molecule has 0 unspecified atom stereocenters. The summed E-state index contributed by atoms with van der Waals surface area (Å²) in [6.45, 7) is 0.798. The number of benzene rings is 1. The van der Waals surface area contributed by atoms with Crippen LogP contribution in [0.5, 0.6) is 0 Å². The molecule has 0 saturated heterocycles. The largest absolute Gasteiger partial charge is 0.395 e. The van der Waals surface area contributed by atoms with Crippen LogP contribution in [0.3, 0.4) is 0 Å². The van der Waals surface area contributed by atoms with Crippen LogP contribution in [0, 0.1) is 5.88 Å². The van der Waals surface area contributed by atoms with Crippen LogP contribution in [-0.4, -0.2) is 18.3 Å². The zero-order chi connectivity index (χ0) is 8.39. The zero-order valence-corrected chi connectivity index (χ0v) is 7.34. The molecule has 0 atom stereocenters. The number of fused-ring (bicyclic) bond motifs is 1. The average Bonchev–Trinajstić information content (AvgIpc) is 2.50. The van der Waals surface area contributed by atoms with Crippen LogP contribution in [0.2, 0.25) is 0 Å². The highest BCUT2D eigenvalue weighted by molar-refractivity contribution is 8.01. The van der Waals surface area contributed by atoms with Crippen molar-refractivity contribution in [3.63, 3.8) is 0 Å². The summed E-state index contributed by atoms with van der Waals surface area (Å²) in [7, 11) is 0. The van der Waals surface area contributed by atoms with E-state index in [9.17, 15) is 0 Å². The fourth-order valence-corrected chi connectivity index (χ4v) is 2.01. The standard InChI is InChI=1S/C9H9NOS/c11-6-5-10-7-12-9-4-2-1-3-8(9)10/h1-4,11H,5-6H2. The minimum atomic E-state index is 0.169. The number of thioether (sulfide) groups is 1. The molecule has 0 saturated carbocycles. The highest BCUT2D eigenvalue weighted by Crippen LogP contribution is 2.40. The predicted octanol–water partition coefficient (Wildman–Crippen LogP) is 1.59. The van der Waals surface area contributed by atoms with Crippen LogP contribution in [-0.2, 0) is 0 Å². The lowest BCUT2D eigenvalue weighted by Crippen LogP contribution is -2.19. The van der Waals surface area contributed by atoms with Crippen molar-refractivity contribution in [2.75, 3.05) is 18.1 Å². The van der Waals surface area contributed by atoms with Crippen molar-refractivity contribution < 1.29 is 5.11 Å². The van der Waals surface area contributed by atoms with Gasteiger partial charge >= 0.3 is 0 Å². The van der Waals surface area contributed by atoms with Crippen LogP contribution in [0.15, 0.2) is 29.2 Å². The van der Waals surface area contributed by atoms with E-state index in [2.05, 4.69) is 11.9 Å². The summed E-state index contributed by atoms with van der Waals surface area (Å²) in [5.74, 6) is 3.11. The third-order valence-corrected chi connectivity index (χ3v) is 2.62. The number of para-hydroxylation sites is 1. The van der Waals surface area contributed by atoms with Gasteiger partial charge in [-0.05, 0) is 12.1 Å². The molecule has 1 aromatic carbocycles. The van der Waals surface area contributed by atoms with Gasteiger partial charge in [-0.2, -0.15) is 0 Å². The lowest BCUT2D eigenvalue weighted by Gasteiger charge is -2.14. The molecule has 0 amide bonds. The molecular formula is C9H9NOS. The molecule has 62 valence electrons. The van der Waals surface area contributed by atoms with Crippen molar-refractivity contribution in [1.29, 1.82) is 0 Å². The second kappa shape index (κ2) is 3.37. The minimum Gasteiger partial charge on any atom is -0.395 e. The normalized spacial score (nSPS) is 14.9. The van der Waals surface area contributed by atoms with E-state index in [1.54, 1.807) is 11.8 Å². The van der Waals surface area contributed by atoms with Gasteiger partial charge in [-0.3, -0.25) is 0 Å². The number of aliphatic hydroxyl groups is 1. The van der Waals surface area contributed by atoms with Crippen LogP contribution in [0.1, 0.15) is 0 Å². The Hall–Kier alpha value is -0.670. The van der Waals surface area contributed by atoms with Crippen molar-refractivity contribution in [2.24, 2.45) is 0 Å². The Labute approximate surface area is 76.2 Å². The van der Waals surface area contributed by atoms with E-state index in [-0.39, 0.29) is 6.61 Å². The molecule has 12 heavy (non-hydrogen) atoms. The quantitative estimate of drug-likeness (QED) is 0.745. The first-order valence-corrected chi connectivity index (χ1v) is 4.63. The van der Waals surface area contributed by atoms with Gasteiger partial charge in [-0.15, -0.1) is 0 Å². The minimum absolute atomic E-state index is 0.169. The van der Waals surface area contributed by atoms with Crippen molar-refractivity contribution in [3.05, 3.63) is 30.1 Å². The molecule has 1 aromatic rings. The molecule has 0 aliphatic carbocycles. The molecule has 1 aliphatic rings. The van der Waals surface area contributed by atoms with E-state index < -0.39 is 0 Å². The summed E-state index contributed by atoms with van der Waals surface area (Å²) in [5, 5.41) is 8.76. The molecule has 3 heteroatoms. The number of hydrogen-bond donors (Lipinski definition) is 1. The van der Waals surface area contributed by atoms with Gasteiger partial charge < -0.3 is 10.0 Å². The smallest absolute Gasteiger partial charge is 0.164 e.